The maximum Gasteiger partial charge on any atom is 0.292 e. The van der Waals surface area contributed by atoms with E-state index in [0.717, 1.165) is 0 Å². The van der Waals surface area contributed by atoms with Crippen LogP contribution in [0.5, 0.6) is 0 Å². The molecule has 1 fully saturated rings. The van der Waals surface area contributed by atoms with Gasteiger partial charge in [-0.25, -0.2) is 0 Å². The lowest BCUT2D eigenvalue weighted by molar-refractivity contribution is -0.150. The van der Waals surface area contributed by atoms with Crippen LogP contribution in [0, 0.1) is 0 Å². The van der Waals surface area contributed by atoms with E-state index in [9.17, 15) is 9.59 Å². The molecule has 0 saturated carbocycles. The molecule has 0 radical (unpaired) electrons. The predicted octanol–water partition coefficient (Wildman–Crippen LogP) is -2.25. The van der Waals surface area contributed by atoms with Crippen LogP contribution < -0.4 is 5.32 Å². The smallest absolute Gasteiger partial charge is 0.292 e. The van der Waals surface area contributed by atoms with Gasteiger partial charge in [0.05, 0.1) is 0 Å². The first-order valence-electron chi connectivity index (χ1n) is 2.82. The molecular formula is C5H7NO4. The Balaban J connectivity index is 2.66. The summed E-state index contributed by atoms with van der Waals surface area (Å²) >= 11 is 0. The number of Topliss-reactive ketones (excluding diaryl/α,β-unsaturated/α-hetero) is 1. The molecule has 5 heteroatoms. The van der Waals surface area contributed by atoms with Crippen LogP contribution in [0.15, 0.2) is 0 Å². The van der Waals surface area contributed by atoms with Gasteiger partial charge in [0, 0.05) is 6.42 Å². The highest BCUT2D eigenvalue weighted by Gasteiger charge is 2.31. The van der Waals surface area contributed by atoms with Gasteiger partial charge in [0.15, 0.2) is 0 Å². The van der Waals surface area contributed by atoms with Crippen molar-refractivity contribution < 1.29 is 19.8 Å². The Morgan fingerprint density at radius 3 is 2.50 bits per heavy atom. The maximum absolute atomic E-state index is 10.5. The van der Waals surface area contributed by atoms with Gasteiger partial charge in [0.25, 0.3) is 5.91 Å². The molecule has 5 nitrogen and oxygen atoms in total. The molecule has 2 unspecified atom stereocenters. The minimum atomic E-state index is -1.34. The van der Waals surface area contributed by atoms with Gasteiger partial charge in [-0.2, -0.15) is 0 Å². The third-order valence-electron chi connectivity index (χ3n) is 1.27. The highest BCUT2D eigenvalue weighted by Crippen LogP contribution is 2.03. The minimum absolute atomic E-state index is 0.120. The van der Waals surface area contributed by atoms with Crippen LogP contribution in [-0.4, -0.2) is 34.2 Å². The van der Waals surface area contributed by atoms with Crippen molar-refractivity contribution in [3.8, 4) is 0 Å². The maximum atomic E-state index is 10.5. The quantitative estimate of drug-likeness (QED) is 0.336. The first-order valence-corrected chi connectivity index (χ1v) is 2.82. The second kappa shape index (κ2) is 2.36. The van der Waals surface area contributed by atoms with Crippen LogP contribution in [-0.2, 0) is 9.59 Å². The number of carbonyl (C=O) groups is 2. The number of amides is 1. The zero-order valence-corrected chi connectivity index (χ0v) is 5.07. The number of carbonyl (C=O) groups excluding carboxylic acids is 2. The number of hydrogen-bond acceptors (Lipinski definition) is 4. The van der Waals surface area contributed by atoms with E-state index in [2.05, 4.69) is 0 Å². The van der Waals surface area contributed by atoms with E-state index in [1.165, 1.54) is 0 Å². The molecule has 1 amide bonds. The number of aliphatic hydroxyl groups excluding tert-OH is 2. The summed E-state index contributed by atoms with van der Waals surface area (Å²) in [6.07, 6.45) is -2.56. The summed E-state index contributed by atoms with van der Waals surface area (Å²) in [5.41, 5.74) is 0. The van der Waals surface area contributed by atoms with Gasteiger partial charge >= 0.3 is 0 Å². The first-order chi connectivity index (χ1) is 4.61. The van der Waals surface area contributed by atoms with Crippen molar-refractivity contribution in [2.75, 3.05) is 0 Å². The zero-order chi connectivity index (χ0) is 7.72. The molecule has 3 N–H and O–H groups in total. The van der Waals surface area contributed by atoms with Gasteiger partial charge in [-0.1, -0.05) is 0 Å². The highest BCUT2D eigenvalue weighted by molar-refractivity contribution is 6.38. The van der Waals surface area contributed by atoms with Crippen molar-refractivity contribution in [2.45, 2.75) is 18.8 Å². The lowest BCUT2D eigenvalue weighted by Crippen LogP contribution is -2.51. The average molecular weight is 145 g/mol. The van der Waals surface area contributed by atoms with Crippen LogP contribution in [0.1, 0.15) is 6.42 Å². The molecule has 1 aliphatic heterocycles. The summed E-state index contributed by atoms with van der Waals surface area (Å²) in [5.74, 6) is -1.81. The van der Waals surface area contributed by atoms with E-state index in [0.29, 0.717) is 0 Å². The SMILES string of the molecule is O=C1NC(O)CC(O)C1=O. The Hall–Kier alpha value is -0.940. The van der Waals surface area contributed by atoms with Crippen molar-refractivity contribution in [1.29, 1.82) is 0 Å². The molecule has 0 bridgehead atoms. The normalized spacial score (nSPS) is 33.8. The molecule has 1 rings (SSSR count). The van der Waals surface area contributed by atoms with E-state index in [1.807, 2.05) is 5.32 Å². The molecule has 1 heterocycles. The number of nitrogens with one attached hydrogen (secondary N) is 1. The number of ketones is 1. The lowest BCUT2D eigenvalue weighted by Gasteiger charge is -2.20. The summed E-state index contributed by atoms with van der Waals surface area (Å²) in [7, 11) is 0. The van der Waals surface area contributed by atoms with E-state index in [4.69, 9.17) is 10.2 Å². The van der Waals surface area contributed by atoms with Crippen LogP contribution in [0.3, 0.4) is 0 Å². The summed E-state index contributed by atoms with van der Waals surface area (Å²) in [6, 6.07) is 0. The van der Waals surface area contributed by atoms with Crippen molar-refractivity contribution in [3.05, 3.63) is 0 Å². The monoisotopic (exact) mass is 145 g/mol. The van der Waals surface area contributed by atoms with E-state index in [1.54, 1.807) is 0 Å². The summed E-state index contributed by atoms with van der Waals surface area (Å²) in [6.45, 7) is 0. The summed E-state index contributed by atoms with van der Waals surface area (Å²) in [5, 5.41) is 19.4. The third kappa shape index (κ3) is 1.14. The molecule has 0 aromatic rings. The van der Waals surface area contributed by atoms with Gasteiger partial charge in [-0.3, -0.25) is 9.59 Å². The van der Waals surface area contributed by atoms with Gasteiger partial charge in [0.1, 0.15) is 12.3 Å². The Morgan fingerprint density at radius 1 is 1.40 bits per heavy atom. The van der Waals surface area contributed by atoms with Crippen LogP contribution in [0.2, 0.25) is 0 Å². The molecular weight excluding hydrogens is 138 g/mol. The van der Waals surface area contributed by atoms with Crippen molar-refractivity contribution in [1.82, 2.24) is 5.32 Å². The highest BCUT2D eigenvalue weighted by atomic mass is 16.3. The van der Waals surface area contributed by atoms with Gasteiger partial charge in [-0.05, 0) is 0 Å². The van der Waals surface area contributed by atoms with Crippen LogP contribution in [0.25, 0.3) is 0 Å². The van der Waals surface area contributed by atoms with E-state index >= 15 is 0 Å². The van der Waals surface area contributed by atoms with Crippen LogP contribution >= 0.6 is 0 Å². The Morgan fingerprint density at radius 2 is 2.00 bits per heavy atom. The zero-order valence-electron chi connectivity index (χ0n) is 5.07. The molecule has 0 aromatic heterocycles. The fourth-order valence-corrected chi connectivity index (χ4v) is 0.751. The van der Waals surface area contributed by atoms with Crippen LogP contribution in [0.4, 0.5) is 0 Å². The molecule has 0 aliphatic carbocycles. The van der Waals surface area contributed by atoms with E-state index < -0.39 is 24.0 Å². The fourth-order valence-electron chi connectivity index (χ4n) is 0.751. The second-order valence-corrected chi connectivity index (χ2v) is 2.11. The van der Waals surface area contributed by atoms with Gasteiger partial charge < -0.3 is 15.5 Å². The third-order valence-corrected chi connectivity index (χ3v) is 1.27. The second-order valence-electron chi connectivity index (χ2n) is 2.11. The standard InChI is InChI=1S/C5H7NO4/c7-2-1-3(8)6-5(10)4(2)9/h2-3,7-8H,1H2,(H,6,10). The van der Waals surface area contributed by atoms with Crippen molar-refractivity contribution in [2.24, 2.45) is 0 Å². The summed E-state index contributed by atoms with van der Waals surface area (Å²) < 4.78 is 0. The Bertz CT molecular complexity index is 178. The number of aliphatic hydroxyl groups is 2. The molecule has 56 valence electrons. The lowest BCUT2D eigenvalue weighted by atomic mass is 10.1. The number of hydrogen-bond donors (Lipinski definition) is 3. The molecule has 10 heavy (non-hydrogen) atoms. The molecule has 0 aromatic carbocycles. The van der Waals surface area contributed by atoms with Gasteiger partial charge in [0.2, 0.25) is 5.78 Å². The average Bonchev–Trinajstić information content (AvgIpc) is 1.82. The van der Waals surface area contributed by atoms with Gasteiger partial charge in [-0.15, -0.1) is 0 Å². The predicted molar refractivity (Wildman–Crippen MR) is 29.8 cm³/mol. The van der Waals surface area contributed by atoms with E-state index in [-0.39, 0.29) is 6.42 Å². The van der Waals surface area contributed by atoms with Crippen molar-refractivity contribution in [3.63, 3.8) is 0 Å². The number of rotatable bonds is 0. The summed E-state index contributed by atoms with van der Waals surface area (Å²) in [4.78, 5) is 20.9. The largest absolute Gasteiger partial charge is 0.385 e. The minimum Gasteiger partial charge on any atom is -0.385 e. The first kappa shape index (κ1) is 7.17. The molecule has 1 aliphatic rings. The molecule has 1 saturated heterocycles. The molecule has 0 spiro atoms. The molecule has 2 atom stereocenters. The Kier molecular flexibility index (Phi) is 1.69. The fraction of sp³-hybridized carbons (Fsp3) is 0.600. The number of piperidine rings is 1. The van der Waals surface area contributed by atoms with Crippen molar-refractivity contribution >= 4 is 11.7 Å². The topological polar surface area (TPSA) is 86.6 Å². The Labute approximate surface area is 56.7 Å².